The molecule has 168 valence electrons. The van der Waals surface area contributed by atoms with E-state index in [9.17, 15) is 4.39 Å². The number of aromatic nitrogens is 2. The van der Waals surface area contributed by atoms with E-state index in [4.69, 9.17) is 16.6 Å². The van der Waals surface area contributed by atoms with E-state index in [2.05, 4.69) is 26.6 Å². The number of anilines is 1. The minimum atomic E-state index is -0.136. The van der Waals surface area contributed by atoms with E-state index >= 15 is 0 Å². The fourth-order valence-corrected chi connectivity index (χ4v) is 4.85. The molecule has 0 aliphatic carbocycles. The van der Waals surface area contributed by atoms with Crippen molar-refractivity contribution in [2.45, 2.75) is 26.8 Å². The van der Waals surface area contributed by atoms with Crippen molar-refractivity contribution in [2.24, 2.45) is 5.92 Å². The van der Waals surface area contributed by atoms with E-state index in [0.717, 1.165) is 67.3 Å². The van der Waals surface area contributed by atoms with E-state index in [-0.39, 0.29) is 5.82 Å². The molecule has 0 spiro atoms. The number of hydrogen-bond donors (Lipinski definition) is 3. The Balaban J connectivity index is 1.61. The highest BCUT2D eigenvalue weighted by Crippen LogP contribution is 2.33. The van der Waals surface area contributed by atoms with Crippen molar-refractivity contribution >= 4 is 34.2 Å². The minimum Gasteiger partial charge on any atom is -0.355 e. The third kappa shape index (κ3) is 4.15. The summed E-state index contributed by atoms with van der Waals surface area (Å²) in [5, 5.41) is 11.0. The Morgan fingerprint density at radius 1 is 1.16 bits per heavy atom. The second-order valence-electron chi connectivity index (χ2n) is 8.97. The number of nitrogens with zero attached hydrogens (tertiary/aromatic N) is 2. The van der Waals surface area contributed by atoms with Crippen molar-refractivity contribution in [1.29, 1.82) is 0 Å². The highest BCUT2D eigenvalue weighted by Gasteiger charge is 2.21. The van der Waals surface area contributed by atoms with E-state index in [1.165, 1.54) is 5.57 Å². The number of hydrogen-bond acceptors (Lipinski definition) is 4. The molecule has 5 rings (SSSR count). The van der Waals surface area contributed by atoms with Gasteiger partial charge >= 0.3 is 0 Å². The Hall–Kier alpha value is -2.41. The lowest BCUT2D eigenvalue weighted by molar-refractivity contribution is 0.364. The Bertz CT molecular complexity index is 1170. The number of rotatable bonds is 6. The molecule has 0 saturated carbocycles. The third-order valence-electron chi connectivity index (χ3n) is 6.48. The zero-order valence-corrected chi connectivity index (χ0v) is 19.3. The molecule has 32 heavy (non-hydrogen) atoms. The van der Waals surface area contributed by atoms with Gasteiger partial charge in [0.15, 0.2) is 0 Å². The molecule has 1 saturated heterocycles. The molecule has 1 aromatic heterocycles. The van der Waals surface area contributed by atoms with Crippen LogP contribution >= 0.6 is 11.6 Å². The Morgan fingerprint density at radius 2 is 1.94 bits per heavy atom. The van der Waals surface area contributed by atoms with Crippen LogP contribution < -0.4 is 16.0 Å². The largest absolute Gasteiger partial charge is 0.355 e. The molecular formula is C25H29ClFN5. The van der Waals surface area contributed by atoms with Gasteiger partial charge < -0.3 is 20.5 Å². The van der Waals surface area contributed by atoms with Crippen molar-refractivity contribution in [2.75, 3.05) is 38.0 Å². The van der Waals surface area contributed by atoms with Gasteiger partial charge in [-0.3, -0.25) is 0 Å². The lowest BCUT2D eigenvalue weighted by Gasteiger charge is -2.27. The van der Waals surface area contributed by atoms with Crippen LogP contribution in [-0.2, 0) is 6.54 Å². The van der Waals surface area contributed by atoms with Gasteiger partial charge in [-0.1, -0.05) is 29.8 Å². The third-order valence-corrected chi connectivity index (χ3v) is 6.70. The van der Waals surface area contributed by atoms with Crippen LogP contribution in [0.1, 0.15) is 28.7 Å². The fourth-order valence-electron chi connectivity index (χ4n) is 4.63. The standard InChI is InChI=1S/C25H29ClFN5/c1-15-7-17(8-16(2)23(15)27)14-32-22-10-20(26)9-21(19-3-5-28-6-4-19)24(22)31-25(32)30-13-18-11-29-12-18/h3,7-10,18,28-29H,4-6,11-14H2,1-2H3,(H,30,31). The van der Waals surface area contributed by atoms with Gasteiger partial charge in [-0.15, -0.1) is 0 Å². The first-order valence-corrected chi connectivity index (χ1v) is 11.7. The van der Waals surface area contributed by atoms with Gasteiger partial charge in [0.05, 0.1) is 17.6 Å². The van der Waals surface area contributed by atoms with Gasteiger partial charge in [0.1, 0.15) is 5.82 Å². The van der Waals surface area contributed by atoms with Crippen LogP contribution in [0.5, 0.6) is 0 Å². The Kier molecular flexibility index (Phi) is 5.93. The number of aryl methyl sites for hydroxylation is 2. The number of benzene rings is 2. The van der Waals surface area contributed by atoms with Crippen LogP contribution in [0.3, 0.4) is 0 Å². The molecule has 0 radical (unpaired) electrons. The highest BCUT2D eigenvalue weighted by molar-refractivity contribution is 6.31. The number of fused-ring (bicyclic) bond motifs is 1. The predicted octanol–water partition coefficient (Wildman–Crippen LogP) is 4.50. The molecular weight excluding hydrogens is 425 g/mol. The van der Waals surface area contributed by atoms with Crippen LogP contribution in [0.15, 0.2) is 30.3 Å². The highest BCUT2D eigenvalue weighted by atomic mass is 35.5. The predicted molar refractivity (Wildman–Crippen MR) is 130 cm³/mol. The van der Waals surface area contributed by atoms with Gasteiger partial charge in [-0.25, -0.2) is 9.37 Å². The van der Waals surface area contributed by atoms with E-state index < -0.39 is 0 Å². The minimum absolute atomic E-state index is 0.136. The molecule has 3 N–H and O–H groups in total. The summed E-state index contributed by atoms with van der Waals surface area (Å²) in [6.45, 7) is 8.98. The van der Waals surface area contributed by atoms with Gasteiger partial charge in [-0.2, -0.15) is 0 Å². The molecule has 0 unspecified atom stereocenters. The van der Waals surface area contributed by atoms with Crippen molar-refractivity contribution in [3.63, 3.8) is 0 Å². The van der Waals surface area contributed by atoms with Crippen LogP contribution in [0.4, 0.5) is 10.3 Å². The van der Waals surface area contributed by atoms with Crippen molar-refractivity contribution in [3.8, 4) is 0 Å². The topological polar surface area (TPSA) is 53.9 Å². The second-order valence-corrected chi connectivity index (χ2v) is 9.41. The van der Waals surface area contributed by atoms with Crippen LogP contribution in [0.2, 0.25) is 5.02 Å². The summed E-state index contributed by atoms with van der Waals surface area (Å²) in [5.74, 6) is 1.31. The molecule has 0 amide bonds. The average Bonchev–Trinajstić information content (AvgIpc) is 3.08. The van der Waals surface area contributed by atoms with Gasteiger partial charge in [-0.05, 0) is 61.2 Å². The summed E-state index contributed by atoms with van der Waals surface area (Å²) in [5.41, 5.74) is 6.73. The summed E-state index contributed by atoms with van der Waals surface area (Å²) in [4.78, 5) is 5.06. The van der Waals surface area contributed by atoms with E-state index in [1.54, 1.807) is 0 Å². The van der Waals surface area contributed by atoms with Gasteiger partial charge in [0.25, 0.3) is 0 Å². The molecule has 2 aliphatic rings. The number of imidazole rings is 1. The zero-order chi connectivity index (χ0) is 22.2. The molecule has 0 atom stereocenters. The van der Waals surface area contributed by atoms with E-state index in [1.807, 2.05) is 38.1 Å². The monoisotopic (exact) mass is 453 g/mol. The molecule has 3 aromatic rings. The summed E-state index contributed by atoms with van der Waals surface area (Å²) < 4.78 is 16.4. The summed E-state index contributed by atoms with van der Waals surface area (Å²) in [6.07, 6.45) is 3.18. The normalized spacial score (nSPS) is 16.8. The molecule has 2 aromatic carbocycles. The number of nitrogens with one attached hydrogen (secondary N) is 3. The number of halogens is 2. The molecule has 2 aliphatic heterocycles. The maximum Gasteiger partial charge on any atom is 0.204 e. The van der Waals surface area contributed by atoms with E-state index in [0.29, 0.717) is 28.6 Å². The first-order valence-electron chi connectivity index (χ1n) is 11.3. The second kappa shape index (κ2) is 8.85. The van der Waals surface area contributed by atoms with Crippen molar-refractivity contribution < 1.29 is 4.39 Å². The maximum absolute atomic E-state index is 14.2. The van der Waals surface area contributed by atoms with Crippen molar-refractivity contribution in [3.05, 3.63) is 63.4 Å². The first kappa shape index (κ1) is 21.4. The average molecular weight is 454 g/mol. The zero-order valence-electron chi connectivity index (χ0n) is 18.6. The first-order chi connectivity index (χ1) is 15.5. The molecule has 7 heteroatoms. The lowest BCUT2D eigenvalue weighted by Crippen LogP contribution is -2.45. The van der Waals surface area contributed by atoms with Crippen molar-refractivity contribution in [1.82, 2.24) is 20.2 Å². The molecule has 1 fully saturated rings. The van der Waals surface area contributed by atoms with Crippen LogP contribution in [0, 0.1) is 25.6 Å². The molecule has 3 heterocycles. The van der Waals surface area contributed by atoms with Gasteiger partial charge in [0, 0.05) is 42.7 Å². The summed E-state index contributed by atoms with van der Waals surface area (Å²) in [7, 11) is 0. The smallest absolute Gasteiger partial charge is 0.204 e. The lowest BCUT2D eigenvalue weighted by atomic mass is 9.99. The summed E-state index contributed by atoms with van der Waals surface area (Å²) >= 11 is 6.60. The van der Waals surface area contributed by atoms with Crippen LogP contribution in [0.25, 0.3) is 16.6 Å². The Labute approximate surface area is 193 Å². The molecule has 0 bridgehead atoms. The van der Waals surface area contributed by atoms with Gasteiger partial charge in [0.2, 0.25) is 5.95 Å². The summed E-state index contributed by atoms with van der Waals surface area (Å²) in [6, 6.07) is 7.88. The van der Waals surface area contributed by atoms with Crippen LogP contribution in [-0.4, -0.2) is 42.3 Å². The SMILES string of the molecule is Cc1cc(Cn2c(NCC3CNC3)nc3c(C4=CCNCC4)cc(Cl)cc32)cc(C)c1F. The molecule has 5 nitrogen and oxygen atoms in total. The maximum atomic E-state index is 14.2. The quantitative estimate of drug-likeness (QED) is 0.514. The Morgan fingerprint density at radius 3 is 2.59 bits per heavy atom. The fraction of sp³-hybridized carbons (Fsp3) is 0.400.